The smallest absolute Gasteiger partial charge is 0.350 e. The van der Waals surface area contributed by atoms with Gasteiger partial charge < -0.3 is 5.32 Å². The lowest BCUT2D eigenvalue weighted by atomic mass is 9.95. The molecule has 0 fully saturated rings. The second-order valence-corrected chi connectivity index (χ2v) is 6.32. The fourth-order valence-electron chi connectivity index (χ4n) is 3.17. The Morgan fingerprint density at radius 1 is 1.20 bits per heavy atom. The van der Waals surface area contributed by atoms with Crippen molar-refractivity contribution in [3.8, 4) is 0 Å². The Balaban J connectivity index is 1.68. The van der Waals surface area contributed by atoms with E-state index in [1.165, 1.54) is 4.68 Å². The Morgan fingerprint density at radius 3 is 2.56 bits per heavy atom. The molecule has 1 heterocycles. The fourth-order valence-corrected chi connectivity index (χ4v) is 3.17. The van der Waals surface area contributed by atoms with Crippen molar-refractivity contribution < 1.29 is 18.0 Å². The maximum absolute atomic E-state index is 13.1. The number of fused-ring (bicyclic) bond motifs is 1. The summed E-state index contributed by atoms with van der Waals surface area (Å²) in [5, 5.41) is 6.53. The number of alkyl halides is 3. The normalized spacial score (nSPS) is 14.2. The molecule has 0 radical (unpaired) electrons. The highest BCUT2D eigenvalue weighted by Crippen LogP contribution is 2.35. The van der Waals surface area contributed by atoms with Gasteiger partial charge in [0.25, 0.3) is 5.91 Å². The molecule has 1 amide bonds. The maximum atomic E-state index is 13.1. The zero-order valence-electron chi connectivity index (χ0n) is 14.0. The number of aromatic nitrogens is 2. The van der Waals surface area contributed by atoms with Crippen LogP contribution in [0.3, 0.4) is 0 Å². The molecule has 4 nitrogen and oxygen atoms in total. The van der Waals surface area contributed by atoms with Gasteiger partial charge in [0.15, 0.2) is 5.69 Å². The minimum atomic E-state index is -4.43. The topological polar surface area (TPSA) is 46.9 Å². The first-order valence-electron chi connectivity index (χ1n) is 8.37. The number of nitrogens with one attached hydrogen (secondary N) is 1. The number of hydrogen-bond acceptors (Lipinski definition) is 2. The van der Waals surface area contributed by atoms with Crippen LogP contribution in [0.25, 0.3) is 0 Å². The van der Waals surface area contributed by atoms with Crippen LogP contribution in [-0.2, 0) is 25.6 Å². The van der Waals surface area contributed by atoms with E-state index >= 15 is 0 Å². The van der Waals surface area contributed by atoms with Gasteiger partial charge in [-0.1, -0.05) is 17.7 Å². The van der Waals surface area contributed by atoms with Gasteiger partial charge in [0.2, 0.25) is 0 Å². The number of carbonyl (C=O) groups excluding carboxylic acids is 1. The summed E-state index contributed by atoms with van der Waals surface area (Å²) in [5.41, 5.74) is 1.79. The number of halogens is 3. The third-order valence-electron chi connectivity index (χ3n) is 4.45. The number of aryl methyl sites for hydroxylation is 1. The van der Waals surface area contributed by atoms with Crippen LogP contribution in [0.5, 0.6) is 0 Å². The van der Waals surface area contributed by atoms with Crippen LogP contribution in [0.1, 0.15) is 45.7 Å². The molecule has 3 rings (SSSR count). The molecule has 0 saturated carbocycles. The molecule has 1 N–H and O–H groups in total. The first-order chi connectivity index (χ1) is 11.9. The number of amides is 1. The largest absolute Gasteiger partial charge is 0.435 e. The van der Waals surface area contributed by atoms with E-state index < -0.39 is 11.9 Å². The number of hydrogen-bond donors (Lipinski definition) is 1. The SMILES string of the molecule is Cc1ccc(C(=O)NCCn2nc(C(F)(F)F)c3c2CCCC3)cc1. The average molecular weight is 351 g/mol. The highest BCUT2D eigenvalue weighted by atomic mass is 19.4. The standard InChI is InChI=1S/C18H20F3N3O/c1-12-6-8-13(9-7-12)17(25)22-10-11-24-15-5-3-2-4-14(15)16(23-24)18(19,20)21/h6-9H,2-5,10-11H2,1H3,(H,22,25). The van der Waals surface area contributed by atoms with Gasteiger partial charge in [-0.15, -0.1) is 0 Å². The molecule has 0 aliphatic heterocycles. The molecule has 0 spiro atoms. The van der Waals surface area contributed by atoms with Gasteiger partial charge in [-0.3, -0.25) is 9.48 Å². The van der Waals surface area contributed by atoms with Crippen molar-refractivity contribution >= 4 is 5.91 Å². The molecule has 25 heavy (non-hydrogen) atoms. The minimum absolute atomic E-state index is 0.232. The minimum Gasteiger partial charge on any atom is -0.350 e. The van der Waals surface area contributed by atoms with Crippen LogP contribution in [0.2, 0.25) is 0 Å². The zero-order valence-corrected chi connectivity index (χ0v) is 14.0. The Labute approximate surface area is 144 Å². The van der Waals surface area contributed by atoms with Gasteiger partial charge in [0.1, 0.15) is 0 Å². The summed E-state index contributed by atoms with van der Waals surface area (Å²) in [7, 11) is 0. The van der Waals surface area contributed by atoms with E-state index in [1.807, 2.05) is 19.1 Å². The van der Waals surface area contributed by atoms with Gasteiger partial charge >= 0.3 is 6.18 Å². The average Bonchev–Trinajstić information content (AvgIpc) is 2.95. The summed E-state index contributed by atoms with van der Waals surface area (Å²) in [6.07, 6.45) is -1.79. The van der Waals surface area contributed by atoms with E-state index in [4.69, 9.17) is 0 Å². The fraction of sp³-hybridized carbons (Fsp3) is 0.444. The van der Waals surface area contributed by atoms with Crippen molar-refractivity contribution in [2.24, 2.45) is 0 Å². The number of nitrogens with zero attached hydrogens (tertiary/aromatic N) is 2. The molecule has 2 aromatic rings. The monoisotopic (exact) mass is 351 g/mol. The first kappa shape index (κ1) is 17.5. The molecule has 0 bridgehead atoms. The third kappa shape index (κ3) is 3.86. The molecule has 1 aromatic heterocycles. The zero-order chi connectivity index (χ0) is 18.0. The molecule has 0 atom stereocenters. The van der Waals surface area contributed by atoms with E-state index in [0.717, 1.165) is 18.4 Å². The predicted octanol–water partition coefficient (Wildman–Crippen LogP) is 3.52. The maximum Gasteiger partial charge on any atom is 0.435 e. The number of carbonyl (C=O) groups is 1. The Bertz CT molecular complexity index is 763. The van der Waals surface area contributed by atoms with Crippen molar-refractivity contribution in [2.75, 3.05) is 6.54 Å². The predicted molar refractivity (Wildman–Crippen MR) is 87.4 cm³/mol. The van der Waals surface area contributed by atoms with E-state index in [0.29, 0.717) is 29.7 Å². The molecule has 1 aromatic carbocycles. The van der Waals surface area contributed by atoms with Crippen molar-refractivity contribution in [2.45, 2.75) is 45.3 Å². The van der Waals surface area contributed by atoms with E-state index in [-0.39, 0.29) is 19.0 Å². The summed E-state index contributed by atoms with van der Waals surface area (Å²) in [5.74, 6) is -0.239. The lowest BCUT2D eigenvalue weighted by molar-refractivity contribution is -0.142. The summed E-state index contributed by atoms with van der Waals surface area (Å²) < 4.78 is 40.9. The van der Waals surface area contributed by atoms with Crippen LogP contribution in [-0.4, -0.2) is 22.2 Å². The van der Waals surface area contributed by atoms with Crippen LogP contribution in [0.15, 0.2) is 24.3 Å². The molecule has 1 aliphatic carbocycles. The van der Waals surface area contributed by atoms with Crippen molar-refractivity contribution in [3.05, 3.63) is 52.3 Å². The summed E-state index contributed by atoms with van der Waals surface area (Å²) in [6.45, 7) is 2.40. The Kier molecular flexibility index (Phi) is 4.83. The van der Waals surface area contributed by atoms with Crippen LogP contribution in [0, 0.1) is 6.92 Å². The van der Waals surface area contributed by atoms with Crippen molar-refractivity contribution in [1.29, 1.82) is 0 Å². The molecule has 1 aliphatic rings. The second-order valence-electron chi connectivity index (χ2n) is 6.32. The molecule has 0 unspecified atom stereocenters. The van der Waals surface area contributed by atoms with Crippen LogP contribution in [0.4, 0.5) is 13.2 Å². The summed E-state index contributed by atoms with van der Waals surface area (Å²) >= 11 is 0. The lowest BCUT2D eigenvalue weighted by Crippen LogP contribution is -2.28. The van der Waals surface area contributed by atoms with Gasteiger partial charge in [-0.25, -0.2) is 0 Å². The Morgan fingerprint density at radius 2 is 1.88 bits per heavy atom. The van der Waals surface area contributed by atoms with Crippen molar-refractivity contribution in [1.82, 2.24) is 15.1 Å². The third-order valence-corrected chi connectivity index (χ3v) is 4.45. The molecular weight excluding hydrogens is 331 g/mol. The molecular formula is C18H20F3N3O. The second kappa shape index (κ2) is 6.90. The van der Waals surface area contributed by atoms with Gasteiger partial charge in [0.05, 0.1) is 6.54 Å². The molecule has 7 heteroatoms. The van der Waals surface area contributed by atoms with Gasteiger partial charge in [-0.2, -0.15) is 18.3 Å². The van der Waals surface area contributed by atoms with E-state index in [9.17, 15) is 18.0 Å². The van der Waals surface area contributed by atoms with Crippen LogP contribution < -0.4 is 5.32 Å². The Hall–Kier alpha value is -2.31. The highest BCUT2D eigenvalue weighted by molar-refractivity contribution is 5.94. The molecule has 134 valence electrons. The lowest BCUT2D eigenvalue weighted by Gasteiger charge is -2.15. The van der Waals surface area contributed by atoms with E-state index in [1.54, 1.807) is 12.1 Å². The first-order valence-corrected chi connectivity index (χ1v) is 8.37. The van der Waals surface area contributed by atoms with Gasteiger partial charge in [-0.05, 0) is 44.7 Å². The quantitative estimate of drug-likeness (QED) is 0.916. The van der Waals surface area contributed by atoms with Gasteiger partial charge in [0, 0.05) is 23.4 Å². The van der Waals surface area contributed by atoms with Crippen LogP contribution >= 0.6 is 0 Å². The molecule has 0 saturated heterocycles. The summed E-state index contributed by atoms with van der Waals surface area (Å²) in [6, 6.07) is 7.13. The highest BCUT2D eigenvalue weighted by Gasteiger charge is 2.39. The number of benzene rings is 1. The number of rotatable bonds is 4. The summed E-state index contributed by atoms with van der Waals surface area (Å²) in [4.78, 5) is 12.1. The van der Waals surface area contributed by atoms with E-state index in [2.05, 4.69) is 10.4 Å². The van der Waals surface area contributed by atoms with Crippen molar-refractivity contribution in [3.63, 3.8) is 0 Å².